The molecule has 0 aliphatic heterocycles. The Balaban J connectivity index is 1.99. The van der Waals surface area contributed by atoms with Gasteiger partial charge in [-0.25, -0.2) is 13.8 Å². The van der Waals surface area contributed by atoms with Crippen molar-refractivity contribution in [2.75, 3.05) is 5.32 Å². The second kappa shape index (κ2) is 6.06. The van der Waals surface area contributed by atoms with E-state index in [0.717, 1.165) is 12.1 Å². The third-order valence-corrected chi connectivity index (χ3v) is 3.32. The van der Waals surface area contributed by atoms with E-state index in [9.17, 15) is 18.7 Å². The lowest BCUT2D eigenvalue weighted by Crippen LogP contribution is -2.14. The summed E-state index contributed by atoms with van der Waals surface area (Å²) in [6.07, 6.45) is -0.788. The number of halogens is 2. The zero-order valence-corrected chi connectivity index (χ0v) is 11.4. The molecule has 0 saturated carbocycles. The van der Waals surface area contributed by atoms with Gasteiger partial charge < -0.3 is 10.4 Å². The van der Waals surface area contributed by atoms with E-state index in [-0.39, 0.29) is 12.3 Å². The molecular formula is C13H12F2N2O2S. The lowest BCUT2D eigenvalue weighted by atomic mass is 10.1. The zero-order chi connectivity index (χ0) is 14.7. The number of hydrogen-bond acceptors (Lipinski definition) is 4. The quantitative estimate of drug-likeness (QED) is 0.912. The largest absolute Gasteiger partial charge is 0.387 e. The summed E-state index contributed by atoms with van der Waals surface area (Å²) in [6.45, 7) is 1.57. The molecule has 2 N–H and O–H groups in total. The molecule has 1 aromatic heterocycles. The van der Waals surface area contributed by atoms with E-state index >= 15 is 0 Å². The Morgan fingerprint density at radius 2 is 2.20 bits per heavy atom. The fourth-order valence-electron chi connectivity index (χ4n) is 1.53. The van der Waals surface area contributed by atoms with Crippen LogP contribution >= 0.6 is 11.3 Å². The number of carbonyl (C=O) groups excluding carboxylic acids is 1. The van der Waals surface area contributed by atoms with Crippen LogP contribution in [0, 0.1) is 11.6 Å². The van der Waals surface area contributed by atoms with E-state index in [1.165, 1.54) is 17.4 Å². The van der Waals surface area contributed by atoms with Gasteiger partial charge in [0.2, 0.25) is 5.91 Å². The molecule has 1 amide bonds. The van der Waals surface area contributed by atoms with Crippen LogP contribution in [0.1, 0.15) is 24.3 Å². The normalized spacial score (nSPS) is 12.2. The SMILES string of the molecule is CC(O)c1csc(NC(=O)Cc2ccc(F)c(F)c2)n1. The van der Waals surface area contributed by atoms with E-state index in [0.29, 0.717) is 16.4 Å². The first-order valence-electron chi connectivity index (χ1n) is 5.83. The minimum absolute atomic E-state index is 0.0825. The third kappa shape index (κ3) is 3.58. The van der Waals surface area contributed by atoms with Gasteiger partial charge in [0, 0.05) is 5.38 Å². The molecule has 0 aliphatic carbocycles. The molecule has 0 spiro atoms. The van der Waals surface area contributed by atoms with Crippen molar-refractivity contribution < 1.29 is 18.7 Å². The summed E-state index contributed by atoms with van der Waals surface area (Å²) in [6, 6.07) is 3.31. The van der Waals surface area contributed by atoms with Gasteiger partial charge in [0.05, 0.1) is 18.2 Å². The smallest absolute Gasteiger partial charge is 0.230 e. The van der Waals surface area contributed by atoms with Crippen LogP contribution in [0.5, 0.6) is 0 Å². The minimum Gasteiger partial charge on any atom is -0.387 e. The summed E-state index contributed by atoms with van der Waals surface area (Å²) in [5, 5.41) is 13.8. The number of nitrogens with zero attached hydrogens (tertiary/aromatic N) is 1. The average Bonchev–Trinajstić information content (AvgIpc) is 2.82. The predicted molar refractivity (Wildman–Crippen MR) is 71.4 cm³/mol. The number of anilines is 1. The molecule has 0 bridgehead atoms. The highest BCUT2D eigenvalue weighted by atomic mass is 32.1. The molecular weight excluding hydrogens is 286 g/mol. The van der Waals surface area contributed by atoms with Crippen molar-refractivity contribution in [2.45, 2.75) is 19.4 Å². The van der Waals surface area contributed by atoms with Gasteiger partial charge in [0.1, 0.15) is 0 Å². The van der Waals surface area contributed by atoms with Crippen LogP contribution in [0.15, 0.2) is 23.6 Å². The molecule has 0 aliphatic rings. The van der Waals surface area contributed by atoms with Gasteiger partial charge in [-0.05, 0) is 24.6 Å². The highest BCUT2D eigenvalue weighted by Gasteiger charge is 2.11. The van der Waals surface area contributed by atoms with Crippen LogP contribution in [0.25, 0.3) is 0 Å². The van der Waals surface area contributed by atoms with Crippen molar-refractivity contribution in [3.8, 4) is 0 Å². The Kier molecular flexibility index (Phi) is 4.41. The third-order valence-electron chi connectivity index (χ3n) is 2.55. The summed E-state index contributed by atoms with van der Waals surface area (Å²) in [5.41, 5.74) is 0.840. The fraction of sp³-hybridized carbons (Fsp3) is 0.231. The number of aromatic nitrogens is 1. The van der Waals surface area contributed by atoms with Crippen molar-refractivity contribution in [2.24, 2.45) is 0 Å². The second-order valence-electron chi connectivity index (χ2n) is 4.23. The van der Waals surface area contributed by atoms with Crippen molar-refractivity contribution in [1.29, 1.82) is 0 Å². The van der Waals surface area contributed by atoms with E-state index in [2.05, 4.69) is 10.3 Å². The van der Waals surface area contributed by atoms with Gasteiger partial charge in [-0.2, -0.15) is 0 Å². The van der Waals surface area contributed by atoms with Crippen molar-refractivity contribution in [1.82, 2.24) is 4.98 Å². The monoisotopic (exact) mass is 298 g/mol. The molecule has 0 fully saturated rings. The van der Waals surface area contributed by atoms with Crippen molar-refractivity contribution in [3.05, 3.63) is 46.5 Å². The van der Waals surface area contributed by atoms with Crippen molar-refractivity contribution >= 4 is 22.4 Å². The topological polar surface area (TPSA) is 62.2 Å². The maximum absolute atomic E-state index is 13.0. The van der Waals surface area contributed by atoms with Crippen LogP contribution in [-0.2, 0) is 11.2 Å². The molecule has 1 aromatic carbocycles. The summed E-state index contributed by atoms with van der Waals surface area (Å²) in [5.74, 6) is -2.32. The Bertz CT molecular complexity index is 629. The fourth-order valence-corrected chi connectivity index (χ4v) is 2.35. The summed E-state index contributed by atoms with van der Waals surface area (Å²) < 4.78 is 25.8. The van der Waals surface area contributed by atoms with Crippen LogP contribution in [0.4, 0.5) is 13.9 Å². The number of benzene rings is 1. The lowest BCUT2D eigenvalue weighted by Gasteiger charge is -2.03. The number of aliphatic hydroxyl groups is 1. The Morgan fingerprint density at radius 1 is 1.45 bits per heavy atom. The molecule has 2 rings (SSSR count). The van der Waals surface area contributed by atoms with Gasteiger partial charge in [0.15, 0.2) is 16.8 Å². The van der Waals surface area contributed by atoms with Crippen molar-refractivity contribution in [3.63, 3.8) is 0 Å². The first kappa shape index (κ1) is 14.5. The van der Waals surface area contributed by atoms with Crippen LogP contribution in [-0.4, -0.2) is 16.0 Å². The molecule has 1 atom stereocenters. The number of aliphatic hydroxyl groups excluding tert-OH is 1. The van der Waals surface area contributed by atoms with E-state index in [4.69, 9.17) is 0 Å². The molecule has 0 radical (unpaired) electrons. The molecule has 1 heterocycles. The number of carbonyl (C=O) groups is 1. The molecule has 0 saturated heterocycles. The van der Waals surface area contributed by atoms with Gasteiger partial charge in [-0.15, -0.1) is 11.3 Å². The molecule has 106 valence electrons. The van der Waals surface area contributed by atoms with E-state index < -0.39 is 17.7 Å². The average molecular weight is 298 g/mol. The molecule has 1 unspecified atom stereocenters. The van der Waals surface area contributed by atoms with Crippen LogP contribution in [0.2, 0.25) is 0 Å². The number of thiazole rings is 1. The summed E-state index contributed by atoms with van der Waals surface area (Å²) >= 11 is 1.19. The molecule has 2 aromatic rings. The van der Waals surface area contributed by atoms with Gasteiger partial charge >= 0.3 is 0 Å². The van der Waals surface area contributed by atoms with Crippen LogP contribution < -0.4 is 5.32 Å². The maximum atomic E-state index is 13.0. The first-order valence-corrected chi connectivity index (χ1v) is 6.71. The predicted octanol–water partition coefficient (Wildman–Crippen LogP) is 2.66. The molecule has 7 heteroatoms. The maximum Gasteiger partial charge on any atom is 0.230 e. The molecule has 20 heavy (non-hydrogen) atoms. The zero-order valence-electron chi connectivity index (χ0n) is 10.6. The summed E-state index contributed by atoms with van der Waals surface area (Å²) in [7, 11) is 0. The van der Waals surface area contributed by atoms with E-state index in [1.54, 1.807) is 12.3 Å². The Hall–Kier alpha value is -1.86. The highest BCUT2D eigenvalue weighted by Crippen LogP contribution is 2.20. The van der Waals surface area contributed by atoms with E-state index in [1.807, 2.05) is 0 Å². The van der Waals surface area contributed by atoms with Crippen LogP contribution in [0.3, 0.4) is 0 Å². The number of amides is 1. The number of rotatable bonds is 4. The van der Waals surface area contributed by atoms with Gasteiger partial charge in [0.25, 0.3) is 0 Å². The number of hydrogen-bond donors (Lipinski definition) is 2. The number of nitrogens with one attached hydrogen (secondary N) is 1. The Labute approximate surface area is 118 Å². The lowest BCUT2D eigenvalue weighted by molar-refractivity contribution is -0.115. The minimum atomic E-state index is -0.985. The van der Waals surface area contributed by atoms with Gasteiger partial charge in [-0.3, -0.25) is 4.79 Å². The van der Waals surface area contributed by atoms with Gasteiger partial charge in [-0.1, -0.05) is 6.07 Å². The standard InChI is InChI=1S/C13H12F2N2O2S/c1-7(18)11-6-20-13(16-11)17-12(19)5-8-2-3-9(14)10(15)4-8/h2-4,6-7,18H,5H2,1H3,(H,16,17,19). The highest BCUT2D eigenvalue weighted by molar-refractivity contribution is 7.13. The molecule has 4 nitrogen and oxygen atoms in total. The summed E-state index contributed by atoms with van der Waals surface area (Å²) in [4.78, 5) is 15.8. The second-order valence-corrected chi connectivity index (χ2v) is 5.09. The Morgan fingerprint density at radius 3 is 2.80 bits per heavy atom. The first-order chi connectivity index (χ1) is 9.45.